The van der Waals surface area contributed by atoms with Gasteiger partial charge >= 0.3 is 0 Å². The van der Waals surface area contributed by atoms with Gasteiger partial charge < -0.3 is 13.9 Å². The molecule has 3 aromatic rings. The maximum atomic E-state index is 12.2. The average Bonchev–Trinajstić information content (AvgIpc) is 3.29. The minimum Gasteiger partial charge on any atom is -0.467 e. The first kappa shape index (κ1) is 25.5. The Balaban J connectivity index is 1.64. The highest BCUT2D eigenvalue weighted by Crippen LogP contribution is 2.30. The first-order chi connectivity index (χ1) is 16.7. The zero-order valence-electron chi connectivity index (χ0n) is 19.0. The van der Waals surface area contributed by atoms with Gasteiger partial charge in [-0.1, -0.05) is 6.07 Å². The van der Waals surface area contributed by atoms with E-state index in [0.29, 0.717) is 32.8 Å². The summed E-state index contributed by atoms with van der Waals surface area (Å²) in [6, 6.07) is 9.79. The standard InChI is InChI=1S/C23H20BrN5O6/c1-13-4-5-15(29(31)32)8-17(13)20-7-6-16(35-20)10-26-28-21(30)12-34-23-18(9-25)19(11-33-3)22(24)14(2)27-23/h4-8,10H,11-12H2,1-3H3,(H,28,30)/b26-10-. The summed E-state index contributed by atoms with van der Waals surface area (Å²) < 4.78 is 16.9. The molecule has 3 rings (SSSR count). The molecule has 0 fully saturated rings. The normalized spacial score (nSPS) is 10.8. The number of amides is 1. The van der Waals surface area contributed by atoms with Gasteiger partial charge in [0.05, 0.1) is 23.4 Å². The number of nitro benzene ring substituents is 1. The van der Waals surface area contributed by atoms with Gasteiger partial charge in [-0.25, -0.2) is 10.4 Å². The number of nitrogens with one attached hydrogen (secondary N) is 1. The van der Waals surface area contributed by atoms with Crippen LogP contribution in [0.2, 0.25) is 0 Å². The fraction of sp³-hybridized carbons (Fsp3) is 0.217. The van der Waals surface area contributed by atoms with Crippen LogP contribution in [0.5, 0.6) is 5.88 Å². The van der Waals surface area contributed by atoms with E-state index in [9.17, 15) is 20.2 Å². The number of benzene rings is 1. The van der Waals surface area contributed by atoms with Gasteiger partial charge in [-0.3, -0.25) is 14.9 Å². The van der Waals surface area contributed by atoms with Crippen LogP contribution in [-0.2, 0) is 16.1 Å². The summed E-state index contributed by atoms with van der Waals surface area (Å²) in [7, 11) is 1.50. The average molecular weight is 542 g/mol. The van der Waals surface area contributed by atoms with Crippen molar-refractivity contribution < 1.29 is 23.6 Å². The van der Waals surface area contributed by atoms with Crippen molar-refractivity contribution in [1.29, 1.82) is 5.26 Å². The van der Waals surface area contributed by atoms with Crippen molar-refractivity contribution >= 4 is 33.7 Å². The van der Waals surface area contributed by atoms with Crippen molar-refractivity contribution in [2.24, 2.45) is 5.10 Å². The number of hydrogen-bond acceptors (Lipinski definition) is 9. The Kier molecular flexibility index (Phi) is 8.30. The molecule has 0 atom stereocenters. The van der Waals surface area contributed by atoms with Gasteiger partial charge in [0.25, 0.3) is 11.6 Å². The lowest BCUT2D eigenvalue weighted by Crippen LogP contribution is -2.25. The summed E-state index contributed by atoms with van der Waals surface area (Å²) in [5, 5.41) is 24.4. The molecule has 1 aromatic carbocycles. The number of nitriles is 1. The number of carbonyl (C=O) groups excluding carboxylic acids is 1. The Labute approximate surface area is 208 Å². The number of carbonyl (C=O) groups is 1. The third-order valence-electron chi connectivity index (χ3n) is 4.81. The Hall–Kier alpha value is -4.08. The highest BCUT2D eigenvalue weighted by Gasteiger charge is 2.18. The lowest BCUT2D eigenvalue weighted by atomic mass is 10.1. The van der Waals surface area contributed by atoms with E-state index in [1.807, 2.05) is 13.0 Å². The SMILES string of the molecule is COCc1c(Br)c(C)nc(OCC(=O)N/N=C\c2ccc(-c3cc([N+](=O)[O-])ccc3C)o2)c1C#N. The summed E-state index contributed by atoms with van der Waals surface area (Å²) in [6.07, 6.45) is 1.29. The maximum Gasteiger partial charge on any atom is 0.278 e. The molecule has 0 spiro atoms. The quantitative estimate of drug-likeness (QED) is 0.240. The van der Waals surface area contributed by atoms with Gasteiger partial charge in [-0.2, -0.15) is 10.4 Å². The molecule has 0 radical (unpaired) electrons. The van der Waals surface area contributed by atoms with E-state index in [1.165, 1.54) is 25.5 Å². The zero-order valence-corrected chi connectivity index (χ0v) is 20.6. The Bertz CT molecular complexity index is 1340. The summed E-state index contributed by atoms with van der Waals surface area (Å²) in [5.74, 6) is 0.188. The highest BCUT2D eigenvalue weighted by atomic mass is 79.9. The smallest absolute Gasteiger partial charge is 0.278 e. The lowest BCUT2D eigenvalue weighted by molar-refractivity contribution is -0.384. The number of halogens is 1. The van der Waals surface area contributed by atoms with Crippen LogP contribution in [0.1, 0.15) is 28.1 Å². The molecule has 0 aliphatic heterocycles. The molecule has 180 valence electrons. The molecular formula is C23H20BrN5O6. The lowest BCUT2D eigenvalue weighted by Gasteiger charge is -2.13. The van der Waals surface area contributed by atoms with Crippen molar-refractivity contribution in [2.45, 2.75) is 20.5 Å². The molecular weight excluding hydrogens is 522 g/mol. The molecule has 0 unspecified atom stereocenters. The van der Waals surface area contributed by atoms with Crippen molar-refractivity contribution in [3.63, 3.8) is 0 Å². The number of furan rings is 1. The third-order valence-corrected chi connectivity index (χ3v) is 5.87. The molecule has 1 amide bonds. The fourth-order valence-corrected chi connectivity index (χ4v) is 3.51. The van der Waals surface area contributed by atoms with Crippen LogP contribution < -0.4 is 10.2 Å². The summed E-state index contributed by atoms with van der Waals surface area (Å²) >= 11 is 3.39. The highest BCUT2D eigenvalue weighted by molar-refractivity contribution is 9.10. The molecule has 1 N–H and O–H groups in total. The molecule has 0 bridgehead atoms. The van der Waals surface area contributed by atoms with Gasteiger partial charge in [0.15, 0.2) is 6.61 Å². The van der Waals surface area contributed by atoms with Gasteiger partial charge in [0, 0.05) is 34.8 Å². The second kappa shape index (κ2) is 11.4. The number of nitrogens with zero attached hydrogens (tertiary/aromatic N) is 4. The molecule has 0 aliphatic rings. The number of aryl methyl sites for hydroxylation is 2. The van der Waals surface area contributed by atoms with Crippen LogP contribution in [0.25, 0.3) is 11.3 Å². The second-order valence-corrected chi connectivity index (χ2v) is 8.05. The second-order valence-electron chi connectivity index (χ2n) is 7.25. The van der Waals surface area contributed by atoms with E-state index in [1.54, 1.807) is 25.1 Å². The molecule has 2 heterocycles. The molecule has 12 heteroatoms. The third kappa shape index (κ3) is 6.08. The number of aromatic nitrogens is 1. The van der Waals surface area contributed by atoms with Gasteiger partial charge in [-0.15, -0.1) is 0 Å². The van der Waals surface area contributed by atoms with Crippen LogP contribution >= 0.6 is 15.9 Å². The van der Waals surface area contributed by atoms with Crippen LogP contribution in [0.4, 0.5) is 5.69 Å². The first-order valence-corrected chi connectivity index (χ1v) is 10.9. The van der Waals surface area contributed by atoms with Crippen LogP contribution in [0, 0.1) is 35.3 Å². The molecule has 11 nitrogen and oxygen atoms in total. The molecule has 35 heavy (non-hydrogen) atoms. The minimum absolute atomic E-state index is 0.0161. The molecule has 0 aliphatic carbocycles. The van der Waals surface area contributed by atoms with Gasteiger partial charge in [-0.05, 0) is 47.5 Å². The van der Waals surface area contributed by atoms with Crippen LogP contribution in [0.15, 0.2) is 44.3 Å². The number of nitro groups is 1. The number of rotatable bonds is 9. The van der Waals surface area contributed by atoms with Gasteiger partial charge in [0.2, 0.25) is 5.88 Å². The van der Waals surface area contributed by atoms with E-state index in [4.69, 9.17) is 13.9 Å². The Morgan fingerprint density at radius 3 is 2.83 bits per heavy atom. The van der Waals surface area contributed by atoms with E-state index in [-0.39, 0.29) is 23.7 Å². The van der Waals surface area contributed by atoms with Crippen LogP contribution in [0.3, 0.4) is 0 Å². The van der Waals surface area contributed by atoms with Crippen molar-refractivity contribution in [3.8, 4) is 23.3 Å². The molecule has 0 saturated heterocycles. The van der Waals surface area contributed by atoms with E-state index >= 15 is 0 Å². The monoisotopic (exact) mass is 541 g/mol. The topological polar surface area (TPSA) is 153 Å². The largest absolute Gasteiger partial charge is 0.467 e. The van der Waals surface area contributed by atoms with Crippen LogP contribution in [-0.4, -0.2) is 35.7 Å². The van der Waals surface area contributed by atoms with Gasteiger partial charge in [0.1, 0.15) is 23.2 Å². The predicted molar refractivity (Wildman–Crippen MR) is 129 cm³/mol. The molecule has 2 aromatic heterocycles. The number of methoxy groups -OCH3 is 1. The Morgan fingerprint density at radius 1 is 1.37 bits per heavy atom. The number of ether oxygens (including phenoxy) is 2. The van der Waals surface area contributed by atoms with Crippen molar-refractivity contribution in [2.75, 3.05) is 13.7 Å². The van der Waals surface area contributed by atoms with Crippen molar-refractivity contribution in [1.82, 2.24) is 10.4 Å². The number of pyridine rings is 1. The van der Waals surface area contributed by atoms with Crippen molar-refractivity contribution in [3.05, 3.63) is 73.1 Å². The summed E-state index contributed by atoms with van der Waals surface area (Å²) in [5.41, 5.74) is 4.96. The zero-order chi connectivity index (χ0) is 25.5. The predicted octanol–water partition coefficient (Wildman–Crippen LogP) is 4.18. The summed E-state index contributed by atoms with van der Waals surface area (Å²) in [6.45, 7) is 3.28. The number of hydrogen-bond donors (Lipinski definition) is 1. The maximum absolute atomic E-state index is 12.2. The van der Waals surface area contributed by atoms with E-state index in [2.05, 4.69) is 31.4 Å². The fourth-order valence-electron chi connectivity index (χ4n) is 3.10. The number of hydrazone groups is 1. The first-order valence-electron chi connectivity index (χ1n) is 10.1. The Morgan fingerprint density at radius 2 is 2.14 bits per heavy atom. The van der Waals surface area contributed by atoms with E-state index in [0.717, 1.165) is 5.56 Å². The summed E-state index contributed by atoms with van der Waals surface area (Å²) in [4.78, 5) is 26.9. The minimum atomic E-state index is -0.581. The molecule has 0 saturated carbocycles. The number of non-ortho nitro benzene ring substituents is 1. The van der Waals surface area contributed by atoms with E-state index < -0.39 is 17.4 Å².